The molecule has 2 N–H and O–H groups in total. The topological polar surface area (TPSA) is 26.0 Å². The van der Waals surface area contributed by atoms with E-state index in [9.17, 15) is 0 Å². The first-order chi connectivity index (χ1) is 5.07. The first kappa shape index (κ1) is 10.2. The minimum Gasteiger partial charge on any atom is -0.326 e. The van der Waals surface area contributed by atoms with E-state index in [0.717, 1.165) is 5.57 Å². The molecule has 0 aromatic carbocycles. The van der Waals surface area contributed by atoms with Crippen molar-refractivity contribution in [2.45, 2.75) is 20.8 Å². The lowest BCUT2D eigenvalue weighted by Gasteiger charge is -1.99. The molecule has 0 radical (unpaired) electrons. The van der Waals surface area contributed by atoms with Gasteiger partial charge in [-0.1, -0.05) is 29.9 Å². The second-order valence-electron chi connectivity index (χ2n) is 2.91. The normalized spacial score (nSPS) is 10.2. The Morgan fingerprint density at radius 3 is 2.09 bits per heavy atom. The fourth-order valence-corrected chi connectivity index (χ4v) is 0.682. The van der Waals surface area contributed by atoms with Crippen LogP contribution in [0, 0.1) is 0 Å². The van der Waals surface area contributed by atoms with Crippen molar-refractivity contribution in [2.75, 3.05) is 6.54 Å². The summed E-state index contributed by atoms with van der Waals surface area (Å²) in [5.74, 6) is 0. The average Bonchev–Trinajstić information content (AvgIpc) is 1.87. The zero-order valence-corrected chi connectivity index (χ0v) is 7.65. The zero-order valence-electron chi connectivity index (χ0n) is 7.65. The predicted octanol–water partition coefficient (Wildman–Crippen LogP) is 2.41. The molecule has 0 aliphatic heterocycles. The van der Waals surface area contributed by atoms with Crippen molar-refractivity contribution in [3.63, 3.8) is 0 Å². The highest BCUT2D eigenvalue weighted by molar-refractivity contribution is 5.29. The summed E-state index contributed by atoms with van der Waals surface area (Å²) in [5.41, 5.74) is 9.03. The van der Waals surface area contributed by atoms with Gasteiger partial charge in [0.1, 0.15) is 0 Å². The van der Waals surface area contributed by atoms with Crippen LogP contribution in [0.1, 0.15) is 20.8 Å². The second-order valence-corrected chi connectivity index (χ2v) is 2.91. The van der Waals surface area contributed by atoms with E-state index >= 15 is 0 Å². The van der Waals surface area contributed by atoms with Crippen LogP contribution in [0.2, 0.25) is 0 Å². The van der Waals surface area contributed by atoms with Crippen molar-refractivity contribution < 1.29 is 0 Å². The summed E-state index contributed by atoms with van der Waals surface area (Å²) in [6.45, 7) is 10.5. The Hall–Kier alpha value is -0.820. The molecule has 0 aliphatic rings. The largest absolute Gasteiger partial charge is 0.326 e. The van der Waals surface area contributed by atoms with Crippen LogP contribution in [0.5, 0.6) is 0 Å². The molecule has 0 aliphatic carbocycles. The summed E-state index contributed by atoms with van der Waals surface area (Å²) in [5, 5.41) is 0. The lowest BCUT2D eigenvalue weighted by atomic mass is 10.1. The van der Waals surface area contributed by atoms with Crippen molar-refractivity contribution in [1.82, 2.24) is 0 Å². The molecule has 0 aromatic heterocycles. The molecular formula is C10H17N. The second kappa shape index (κ2) is 4.91. The van der Waals surface area contributed by atoms with E-state index in [1.54, 1.807) is 0 Å². The van der Waals surface area contributed by atoms with Gasteiger partial charge in [-0.3, -0.25) is 0 Å². The van der Waals surface area contributed by atoms with Gasteiger partial charge in [0.2, 0.25) is 0 Å². The Balaban J connectivity index is 4.33. The van der Waals surface area contributed by atoms with E-state index in [1.165, 1.54) is 11.1 Å². The van der Waals surface area contributed by atoms with E-state index in [4.69, 9.17) is 5.73 Å². The third-order valence-corrected chi connectivity index (χ3v) is 1.43. The van der Waals surface area contributed by atoms with Gasteiger partial charge in [0.15, 0.2) is 0 Å². The quantitative estimate of drug-likeness (QED) is 0.616. The van der Waals surface area contributed by atoms with Crippen LogP contribution in [0.15, 0.2) is 35.5 Å². The van der Waals surface area contributed by atoms with E-state index in [-0.39, 0.29) is 0 Å². The van der Waals surface area contributed by atoms with Gasteiger partial charge < -0.3 is 5.73 Å². The molecule has 0 heterocycles. The Labute approximate surface area is 69.3 Å². The molecule has 0 aromatic rings. The number of hydrogen-bond donors (Lipinski definition) is 1. The SMILES string of the molecule is C=C(C)/C=C\C(CN)=C(C)C. The number of hydrogen-bond acceptors (Lipinski definition) is 1. The monoisotopic (exact) mass is 151 g/mol. The summed E-state index contributed by atoms with van der Waals surface area (Å²) in [6.07, 6.45) is 4.01. The third kappa shape index (κ3) is 4.57. The summed E-state index contributed by atoms with van der Waals surface area (Å²) in [6, 6.07) is 0. The van der Waals surface area contributed by atoms with Crippen LogP contribution in [0.4, 0.5) is 0 Å². The van der Waals surface area contributed by atoms with Crippen molar-refractivity contribution >= 4 is 0 Å². The molecule has 0 bridgehead atoms. The van der Waals surface area contributed by atoms with E-state index in [0.29, 0.717) is 6.54 Å². The van der Waals surface area contributed by atoms with Gasteiger partial charge in [0, 0.05) is 6.54 Å². The minimum atomic E-state index is 0.603. The van der Waals surface area contributed by atoms with Gasteiger partial charge in [-0.15, -0.1) is 0 Å². The summed E-state index contributed by atoms with van der Waals surface area (Å²) >= 11 is 0. The van der Waals surface area contributed by atoms with E-state index < -0.39 is 0 Å². The van der Waals surface area contributed by atoms with Crippen LogP contribution in [-0.2, 0) is 0 Å². The molecule has 0 saturated heterocycles. The number of allylic oxidation sites excluding steroid dienone is 3. The zero-order chi connectivity index (χ0) is 8.85. The average molecular weight is 151 g/mol. The Bertz CT molecular complexity index is 193. The third-order valence-electron chi connectivity index (χ3n) is 1.43. The van der Waals surface area contributed by atoms with E-state index in [1.807, 2.05) is 19.1 Å². The predicted molar refractivity (Wildman–Crippen MR) is 51.4 cm³/mol. The first-order valence-electron chi connectivity index (χ1n) is 3.78. The van der Waals surface area contributed by atoms with Gasteiger partial charge in [-0.2, -0.15) is 0 Å². The molecule has 1 heteroatoms. The highest BCUT2D eigenvalue weighted by Crippen LogP contribution is 2.04. The van der Waals surface area contributed by atoms with Gasteiger partial charge in [0.05, 0.1) is 0 Å². The molecule has 0 saturated carbocycles. The van der Waals surface area contributed by atoms with Crippen molar-refractivity contribution in [1.29, 1.82) is 0 Å². The van der Waals surface area contributed by atoms with Gasteiger partial charge in [0.25, 0.3) is 0 Å². The Morgan fingerprint density at radius 2 is 1.82 bits per heavy atom. The smallest absolute Gasteiger partial charge is 0.0177 e. The first-order valence-corrected chi connectivity index (χ1v) is 3.78. The lowest BCUT2D eigenvalue weighted by Crippen LogP contribution is -2.02. The molecule has 11 heavy (non-hydrogen) atoms. The fourth-order valence-electron chi connectivity index (χ4n) is 0.682. The molecule has 0 unspecified atom stereocenters. The minimum absolute atomic E-state index is 0.603. The molecule has 0 rings (SSSR count). The van der Waals surface area contributed by atoms with Gasteiger partial charge >= 0.3 is 0 Å². The molecule has 0 fully saturated rings. The standard InChI is InChI=1S/C10H17N/c1-8(2)5-6-10(7-11)9(3)4/h5-6H,1,7,11H2,2-4H3/b6-5-. The summed E-state index contributed by atoms with van der Waals surface area (Å²) < 4.78 is 0. The van der Waals surface area contributed by atoms with Crippen LogP contribution in [-0.4, -0.2) is 6.54 Å². The van der Waals surface area contributed by atoms with Crippen molar-refractivity contribution in [3.8, 4) is 0 Å². The molecule has 62 valence electrons. The molecule has 1 nitrogen and oxygen atoms in total. The molecule has 0 atom stereocenters. The molecular weight excluding hydrogens is 134 g/mol. The lowest BCUT2D eigenvalue weighted by molar-refractivity contribution is 1.13. The fraction of sp³-hybridized carbons (Fsp3) is 0.400. The number of rotatable bonds is 3. The highest BCUT2D eigenvalue weighted by Gasteiger charge is 1.89. The van der Waals surface area contributed by atoms with Crippen LogP contribution in [0.25, 0.3) is 0 Å². The maximum atomic E-state index is 5.52. The molecule has 0 amide bonds. The Morgan fingerprint density at radius 1 is 1.27 bits per heavy atom. The van der Waals surface area contributed by atoms with Gasteiger partial charge in [-0.05, 0) is 26.3 Å². The summed E-state index contributed by atoms with van der Waals surface area (Å²) in [4.78, 5) is 0. The summed E-state index contributed by atoms with van der Waals surface area (Å²) in [7, 11) is 0. The number of nitrogens with two attached hydrogens (primary N) is 1. The Kier molecular flexibility index (Phi) is 4.55. The van der Waals surface area contributed by atoms with Crippen molar-refractivity contribution in [2.24, 2.45) is 5.73 Å². The van der Waals surface area contributed by atoms with Gasteiger partial charge in [-0.25, -0.2) is 0 Å². The van der Waals surface area contributed by atoms with Crippen molar-refractivity contribution in [3.05, 3.63) is 35.5 Å². The molecule has 0 spiro atoms. The highest BCUT2D eigenvalue weighted by atomic mass is 14.5. The van der Waals surface area contributed by atoms with Crippen LogP contribution in [0.3, 0.4) is 0 Å². The maximum absolute atomic E-state index is 5.52. The van der Waals surface area contributed by atoms with Crippen LogP contribution >= 0.6 is 0 Å². The van der Waals surface area contributed by atoms with E-state index in [2.05, 4.69) is 20.4 Å². The van der Waals surface area contributed by atoms with Crippen LogP contribution < -0.4 is 5.73 Å². The maximum Gasteiger partial charge on any atom is 0.0177 e.